The van der Waals surface area contributed by atoms with Crippen LogP contribution < -0.4 is 15.8 Å². The Morgan fingerprint density at radius 1 is 1.53 bits per heavy atom. The molecule has 4 heteroatoms. The van der Waals surface area contributed by atoms with Crippen molar-refractivity contribution in [2.75, 3.05) is 20.2 Å². The van der Waals surface area contributed by atoms with Crippen LogP contribution >= 0.6 is 0 Å². The summed E-state index contributed by atoms with van der Waals surface area (Å²) in [6.07, 6.45) is 0. The third-order valence-electron chi connectivity index (χ3n) is 2.27. The molecule has 3 nitrogen and oxygen atoms in total. The number of hydrogen-bond donors (Lipinski definition) is 2. The lowest BCUT2D eigenvalue weighted by Gasteiger charge is -2.14. The summed E-state index contributed by atoms with van der Waals surface area (Å²) in [5, 5.41) is 3.18. The second-order valence-electron chi connectivity index (χ2n) is 3.36. The van der Waals surface area contributed by atoms with Crippen LogP contribution in [0.4, 0.5) is 4.39 Å². The minimum Gasteiger partial charge on any atom is -0.494 e. The summed E-state index contributed by atoms with van der Waals surface area (Å²) in [6, 6.07) is 5.04. The smallest absolute Gasteiger partial charge is 0.165 e. The van der Waals surface area contributed by atoms with Crippen molar-refractivity contribution in [3.63, 3.8) is 0 Å². The molecule has 0 radical (unpaired) electrons. The third kappa shape index (κ3) is 3.18. The van der Waals surface area contributed by atoms with E-state index >= 15 is 0 Å². The first-order chi connectivity index (χ1) is 7.19. The zero-order chi connectivity index (χ0) is 11.3. The summed E-state index contributed by atoms with van der Waals surface area (Å²) >= 11 is 0. The van der Waals surface area contributed by atoms with Crippen molar-refractivity contribution in [3.8, 4) is 5.75 Å². The molecule has 0 bridgehead atoms. The summed E-state index contributed by atoms with van der Waals surface area (Å²) in [7, 11) is 1.45. The van der Waals surface area contributed by atoms with E-state index in [-0.39, 0.29) is 17.6 Å². The lowest BCUT2D eigenvalue weighted by Crippen LogP contribution is -2.25. The summed E-state index contributed by atoms with van der Waals surface area (Å²) in [5.74, 6) is -0.0684. The van der Waals surface area contributed by atoms with Crippen molar-refractivity contribution < 1.29 is 9.13 Å². The van der Waals surface area contributed by atoms with Crippen LogP contribution in [-0.4, -0.2) is 20.2 Å². The van der Waals surface area contributed by atoms with Gasteiger partial charge in [-0.2, -0.15) is 0 Å². The fourth-order valence-corrected chi connectivity index (χ4v) is 1.37. The highest BCUT2D eigenvalue weighted by atomic mass is 19.1. The van der Waals surface area contributed by atoms with E-state index in [0.29, 0.717) is 6.54 Å². The molecule has 0 saturated carbocycles. The Balaban J connectivity index is 2.73. The van der Waals surface area contributed by atoms with E-state index < -0.39 is 0 Å². The lowest BCUT2D eigenvalue weighted by atomic mass is 10.1. The second-order valence-corrected chi connectivity index (χ2v) is 3.36. The Hall–Kier alpha value is -1.13. The molecule has 1 aromatic carbocycles. The fourth-order valence-electron chi connectivity index (χ4n) is 1.37. The predicted molar refractivity (Wildman–Crippen MR) is 58.4 cm³/mol. The normalized spacial score (nSPS) is 12.5. The van der Waals surface area contributed by atoms with Gasteiger partial charge in [0.25, 0.3) is 0 Å². The number of methoxy groups -OCH3 is 1. The highest BCUT2D eigenvalue weighted by Crippen LogP contribution is 2.21. The van der Waals surface area contributed by atoms with Crippen molar-refractivity contribution in [1.82, 2.24) is 5.32 Å². The zero-order valence-corrected chi connectivity index (χ0v) is 9.09. The van der Waals surface area contributed by atoms with Gasteiger partial charge in [-0.05, 0) is 24.6 Å². The average molecular weight is 212 g/mol. The van der Waals surface area contributed by atoms with E-state index in [1.165, 1.54) is 13.2 Å². The third-order valence-corrected chi connectivity index (χ3v) is 2.27. The molecule has 0 amide bonds. The first-order valence-electron chi connectivity index (χ1n) is 4.96. The first kappa shape index (κ1) is 11.9. The summed E-state index contributed by atoms with van der Waals surface area (Å²) in [5.41, 5.74) is 6.26. The quantitative estimate of drug-likeness (QED) is 0.776. The molecular formula is C11H17FN2O. The van der Waals surface area contributed by atoms with Gasteiger partial charge in [-0.25, -0.2) is 4.39 Å². The van der Waals surface area contributed by atoms with Crippen LogP contribution in [0.25, 0.3) is 0 Å². The maximum absolute atomic E-state index is 13.4. The van der Waals surface area contributed by atoms with E-state index in [4.69, 9.17) is 10.5 Å². The Bertz CT molecular complexity index is 317. The highest BCUT2D eigenvalue weighted by Gasteiger charge is 2.08. The van der Waals surface area contributed by atoms with E-state index in [9.17, 15) is 4.39 Å². The van der Waals surface area contributed by atoms with Crippen molar-refractivity contribution in [3.05, 3.63) is 29.6 Å². The molecule has 15 heavy (non-hydrogen) atoms. The SMILES string of the molecule is COc1ccc(C(C)NCCN)cc1F. The Morgan fingerprint density at radius 2 is 2.27 bits per heavy atom. The van der Waals surface area contributed by atoms with Crippen LogP contribution in [0.3, 0.4) is 0 Å². The number of rotatable bonds is 5. The molecule has 0 aromatic heterocycles. The monoisotopic (exact) mass is 212 g/mol. The van der Waals surface area contributed by atoms with Crippen molar-refractivity contribution in [2.45, 2.75) is 13.0 Å². The van der Waals surface area contributed by atoms with Crippen LogP contribution in [-0.2, 0) is 0 Å². The fraction of sp³-hybridized carbons (Fsp3) is 0.455. The molecule has 1 rings (SSSR count). The van der Waals surface area contributed by atoms with E-state index in [0.717, 1.165) is 12.1 Å². The van der Waals surface area contributed by atoms with Crippen LogP contribution in [0.15, 0.2) is 18.2 Å². The van der Waals surface area contributed by atoms with Crippen LogP contribution in [0, 0.1) is 5.82 Å². The van der Waals surface area contributed by atoms with Gasteiger partial charge in [0, 0.05) is 19.1 Å². The molecule has 1 atom stereocenters. The van der Waals surface area contributed by atoms with E-state index in [1.54, 1.807) is 6.07 Å². The van der Waals surface area contributed by atoms with Gasteiger partial charge in [-0.15, -0.1) is 0 Å². The molecule has 3 N–H and O–H groups in total. The number of benzene rings is 1. The Labute approximate surface area is 89.4 Å². The predicted octanol–water partition coefficient (Wildman–Crippen LogP) is 1.44. The lowest BCUT2D eigenvalue weighted by molar-refractivity contribution is 0.385. The molecule has 0 saturated heterocycles. The highest BCUT2D eigenvalue weighted by molar-refractivity contribution is 5.30. The van der Waals surface area contributed by atoms with Crippen molar-refractivity contribution >= 4 is 0 Å². The van der Waals surface area contributed by atoms with Crippen LogP contribution in [0.1, 0.15) is 18.5 Å². The minimum absolute atomic E-state index is 0.0916. The van der Waals surface area contributed by atoms with Crippen LogP contribution in [0.5, 0.6) is 5.75 Å². The summed E-state index contributed by atoms with van der Waals surface area (Å²) in [4.78, 5) is 0. The zero-order valence-electron chi connectivity index (χ0n) is 9.09. The molecule has 0 heterocycles. The average Bonchev–Trinajstić information content (AvgIpc) is 2.25. The molecular weight excluding hydrogens is 195 g/mol. The van der Waals surface area contributed by atoms with Gasteiger partial charge in [0.05, 0.1) is 7.11 Å². The number of hydrogen-bond acceptors (Lipinski definition) is 3. The molecule has 0 aliphatic carbocycles. The standard InChI is InChI=1S/C11H17FN2O/c1-8(14-6-5-13)9-3-4-11(15-2)10(12)7-9/h3-4,7-8,14H,5-6,13H2,1-2H3. The number of nitrogens with one attached hydrogen (secondary N) is 1. The van der Waals surface area contributed by atoms with E-state index in [1.807, 2.05) is 13.0 Å². The van der Waals surface area contributed by atoms with Gasteiger partial charge in [-0.3, -0.25) is 0 Å². The van der Waals surface area contributed by atoms with Gasteiger partial charge in [0.1, 0.15) is 0 Å². The maximum Gasteiger partial charge on any atom is 0.165 e. The molecule has 1 unspecified atom stereocenters. The summed E-state index contributed by atoms with van der Waals surface area (Å²) < 4.78 is 18.2. The van der Waals surface area contributed by atoms with Crippen LogP contribution in [0.2, 0.25) is 0 Å². The van der Waals surface area contributed by atoms with Crippen molar-refractivity contribution in [1.29, 1.82) is 0 Å². The van der Waals surface area contributed by atoms with Gasteiger partial charge in [0.15, 0.2) is 11.6 Å². The number of halogens is 1. The topological polar surface area (TPSA) is 47.3 Å². The molecule has 0 aliphatic rings. The number of ether oxygens (including phenoxy) is 1. The Morgan fingerprint density at radius 3 is 2.80 bits per heavy atom. The molecule has 1 aromatic rings. The second kappa shape index (κ2) is 5.68. The Kier molecular flexibility index (Phi) is 4.52. The number of nitrogens with two attached hydrogens (primary N) is 1. The largest absolute Gasteiger partial charge is 0.494 e. The first-order valence-corrected chi connectivity index (χ1v) is 4.96. The molecule has 0 aliphatic heterocycles. The van der Waals surface area contributed by atoms with Gasteiger partial charge >= 0.3 is 0 Å². The minimum atomic E-state index is -0.337. The molecule has 84 valence electrons. The molecule has 0 fully saturated rings. The summed E-state index contributed by atoms with van der Waals surface area (Å²) in [6.45, 7) is 3.26. The molecule has 0 spiro atoms. The van der Waals surface area contributed by atoms with Gasteiger partial charge in [-0.1, -0.05) is 6.07 Å². The maximum atomic E-state index is 13.4. The van der Waals surface area contributed by atoms with Gasteiger partial charge in [0.2, 0.25) is 0 Å². The van der Waals surface area contributed by atoms with E-state index in [2.05, 4.69) is 5.32 Å². The van der Waals surface area contributed by atoms with Gasteiger partial charge < -0.3 is 15.8 Å². The van der Waals surface area contributed by atoms with Crippen molar-refractivity contribution in [2.24, 2.45) is 5.73 Å².